The van der Waals surface area contributed by atoms with Crippen molar-refractivity contribution in [2.45, 2.75) is 13.8 Å². The Bertz CT molecular complexity index is 620. The molecule has 1 aromatic carbocycles. The molecule has 1 unspecified atom stereocenters. The number of methoxy groups -OCH3 is 1. The lowest BCUT2D eigenvalue weighted by Crippen LogP contribution is -2.30. The number of nitrogens with two attached hydrogens (primary N) is 1. The summed E-state index contributed by atoms with van der Waals surface area (Å²) >= 11 is 0. The van der Waals surface area contributed by atoms with E-state index in [4.69, 9.17) is 19.9 Å². The van der Waals surface area contributed by atoms with Gasteiger partial charge in [-0.15, -0.1) is 0 Å². The molecular weight excluding hydrogens is 292 g/mol. The van der Waals surface area contributed by atoms with Gasteiger partial charge in [-0.25, -0.2) is 13.6 Å². The van der Waals surface area contributed by atoms with Crippen molar-refractivity contribution in [1.29, 1.82) is 5.26 Å². The summed E-state index contributed by atoms with van der Waals surface area (Å²) in [4.78, 5) is 0. The van der Waals surface area contributed by atoms with Crippen LogP contribution in [0.25, 0.3) is 0 Å². The predicted molar refractivity (Wildman–Crippen MR) is 79.5 cm³/mol. The molecule has 0 heterocycles. The highest BCUT2D eigenvalue weighted by Gasteiger charge is 2.20. The SMILES string of the molecule is COc1cc(C#N)cc(OCC(CS(N)(=O)=O)C(C)C)c1. The number of nitrogens with zero attached hydrogens (tertiary/aromatic N) is 1. The molecule has 6 nitrogen and oxygen atoms in total. The average Bonchev–Trinajstić information content (AvgIpc) is 2.41. The van der Waals surface area contributed by atoms with Crippen LogP contribution in [0.5, 0.6) is 11.5 Å². The van der Waals surface area contributed by atoms with Gasteiger partial charge in [0.15, 0.2) is 0 Å². The topological polar surface area (TPSA) is 102 Å². The molecule has 2 N–H and O–H groups in total. The third-order valence-corrected chi connectivity index (χ3v) is 3.99. The minimum Gasteiger partial charge on any atom is -0.497 e. The summed E-state index contributed by atoms with van der Waals surface area (Å²) in [7, 11) is -2.06. The first-order valence-electron chi connectivity index (χ1n) is 6.47. The number of primary sulfonamides is 1. The molecule has 1 atom stereocenters. The smallest absolute Gasteiger partial charge is 0.209 e. The molecule has 7 heteroatoms. The molecule has 0 aliphatic heterocycles. The standard InChI is InChI=1S/C14H20N2O4S/c1-10(2)12(9-21(16,17)18)8-20-14-5-11(7-15)4-13(6-14)19-3/h4-6,10,12H,8-9H2,1-3H3,(H2,16,17,18). The van der Waals surface area contributed by atoms with Gasteiger partial charge in [-0.2, -0.15) is 5.26 Å². The fraction of sp³-hybridized carbons (Fsp3) is 0.500. The summed E-state index contributed by atoms with van der Waals surface area (Å²) in [5.41, 5.74) is 0.414. The fourth-order valence-electron chi connectivity index (χ4n) is 1.77. The van der Waals surface area contributed by atoms with Crippen LogP contribution in [-0.2, 0) is 10.0 Å². The largest absolute Gasteiger partial charge is 0.497 e. The highest BCUT2D eigenvalue weighted by Crippen LogP contribution is 2.24. The van der Waals surface area contributed by atoms with Crippen molar-refractivity contribution in [3.05, 3.63) is 23.8 Å². The summed E-state index contributed by atoms with van der Waals surface area (Å²) in [6.07, 6.45) is 0. The van der Waals surface area contributed by atoms with Crippen molar-refractivity contribution in [1.82, 2.24) is 0 Å². The Hall–Kier alpha value is -1.78. The number of nitriles is 1. The summed E-state index contributed by atoms with van der Waals surface area (Å²) in [6, 6.07) is 6.84. The molecule has 0 bridgehead atoms. The van der Waals surface area contributed by atoms with Crippen LogP contribution in [0, 0.1) is 23.2 Å². The zero-order valence-corrected chi connectivity index (χ0v) is 13.2. The first-order valence-corrected chi connectivity index (χ1v) is 8.19. The number of hydrogen-bond acceptors (Lipinski definition) is 5. The van der Waals surface area contributed by atoms with E-state index < -0.39 is 10.0 Å². The van der Waals surface area contributed by atoms with Crippen LogP contribution in [0.2, 0.25) is 0 Å². The molecular formula is C14H20N2O4S. The molecule has 0 radical (unpaired) electrons. The Morgan fingerprint density at radius 1 is 1.29 bits per heavy atom. The molecule has 0 aliphatic carbocycles. The number of hydrogen-bond donors (Lipinski definition) is 1. The van der Waals surface area contributed by atoms with Crippen molar-refractivity contribution in [2.24, 2.45) is 17.0 Å². The Morgan fingerprint density at radius 2 is 1.90 bits per heavy atom. The van der Waals surface area contributed by atoms with E-state index in [-0.39, 0.29) is 24.2 Å². The molecule has 116 valence electrons. The van der Waals surface area contributed by atoms with Crippen molar-refractivity contribution in [2.75, 3.05) is 19.5 Å². The van der Waals surface area contributed by atoms with E-state index in [2.05, 4.69) is 0 Å². The maximum atomic E-state index is 11.2. The van der Waals surface area contributed by atoms with Crippen LogP contribution in [0.4, 0.5) is 0 Å². The quantitative estimate of drug-likeness (QED) is 0.822. The van der Waals surface area contributed by atoms with Crippen molar-refractivity contribution in [3.8, 4) is 17.6 Å². The van der Waals surface area contributed by atoms with Gasteiger partial charge in [-0.05, 0) is 18.1 Å². The Kier molecular flexibility index (Phi) is 6.00. The lowest BCUT2D eigenvalue weighted by molar-refractivity contribution is 0.224. The van der Waals surface area contributed by atoms with E-state index >= 15 is 0 Å². The van der Waals surface area contributed by atoms with E-state index in [1.54, 1.807) is 18.2 Å². The first-order chi connectivity index (χ1) is 9.75. The van der Waals surface area contributed by atoms with Crippen LogP contribution < -0.4 is 14.6 Å². The van der Waals surface area contributed by atoms with Crippen LogP contribution in [-0.4, -0.2) is 27.9 Å². The first kappa shape index (κ1) is 17.3. The van der Waals surface area contributed by atoms with Gasteiger partial charge in [0.1, 0.15) is 11.5 Å². The lowest BCUT2D eigenvalue weighted by Gasteiger charge is -2.20. The van der Waals surface area contributed by atoms with Crippen LogP contribution in [0.3, 0.4) is 0 Å². The van der Waals surface area contributed by atoms with Crippen LogP contribution in [0.1, 0.15) is 19.4 Å². The van der Waals surface area contributed by atoms with Gasteiger partial charge < -0.3 is 9.47 Å². The number of benzene rings is 1. The Labute approximate surface area is 125 Å². The van der Waals surface area contributed by atoms with E-state index in [1.165, 1.54) is 7.11 Å². The number of ether oxygens (including phenoxy) is 2. The molecule has 0 saturated carbocycles. The van der Waals surface area contributed by atoms with Crippen LogP contribution in [0.15, 0.2) is 18.2 Å². The van der Waals surface area contributed by atoms with Gasteiger partial charge >= 0.3 is 0 Å². The van der Waals surface area contributed by atoms with Crippen molar-refractivity contribution in [3.63, 3.8) is 0 Å². The van der Waals surface area contributed by atoms with E-state index in [9.17, 15) is 8.42 Å². The highest BCUT2D eigenvalue weighted by atomic mass is 32.2. The normalized spacial score (nSPS) is 12.8. The van der Waals surface area contributed by atoms with E-state index in [1.807, 2.05) is 19.9 Å². The van der Waals surface area contributed by atoms with Gasteiger partial charge in [0, 0.05) is 12.0 Å². The molecule has 1 aromatic rings. The summed E-state index contributed by atoms with van der Waals surface area (Å²) in [6.45, 7) is 4.02. The third-order valence-electron chi connectivity index (χ3n) is 3.10. The molecule has 0 saturated heterocycles. The molecule has 21 heavy (non-hydrogen) atoms. The highest BCUT2D eigenvalue weighted by molar-refractivity contribution is 7.89. The summed E-state index contributed by atoms with van der Waals surface area (Å²) < 4.78 is 33.1. The lowest BCUT2D eigenvalue weighted by atomic mass is 9.99. The van der Waals surface area contributed by atoms with E-state index in [0.717, 1.165) is 0 Å². The van der Waals surface area contributed by atoms with Gasteiger partial charge in [0.05, 0.1) is 31.1 Å². The average molecular weight is 312 g/mol. The van der Waals surface area contributed by atoms with Crippen molar-refractivity contribution >= 4 is 10.0 Å². The molecule has 0 fully saturated rings. The number of rotatable bonds is 7. The molecule has 0 aliphatic rings. The number of sulfonamides is 1. The monoisotopic (exact) mass is 312 g/mol. The molecule has 0 aromatic heterocycles. The second-order valence-electron chi connectivity index (χ2n) is 5.15. The van der Waals surface area contributed by atoms with Gasteiger partial charge in [-0.1, -0.05) is 13.8 Å². The minimum absolute atomic E-state index is 0.101. The maximum absolute atomic E-state index is 11.2. The summed E-state index contributed by atoms with van der Waals surface area (Å²) in [5, 5.41) is 14.0. The zero-order chi connectivity index (χ0) is 16.0. The molecule has 0 spiro atoms. The second kappa shape index (κ2) is 7.29. The van der Waals surface area contributed by atoms with Crippen molar-refractivity contribution < 1.29 is 17.9 Å². The van der Waals surface area contributed by atoms with Gasteiger partial charge in [0.25, 0.3) is 0 Å². The van der Waals surface area contributed by atoms with E-state index in [0.29, 0.717) is 17.1 Å². The third kappa shape index (κ3) is 6.02. The minimum atomic E-state index is -3.56. The Morgan fingerprint density at radius 3 is 2.38 bits per heavy atom. The fourth-order valence-corrected chi connectivity index (χ4v) is 2.85. The van der Waals surface area contributed by atoms with Crippen LogP contribution >= 0.6 is 0 Å². The predicted octanol–water partition coefficient (Wildman–Crippen LogP) is 1.51. The zero-order valence-electron chi connectivity index (χ0n) is 12.4. The van der Waals surface area contributed by atoms with Gasteiger partial charge in [0.2, 0.25) is 10.0 Å². The van der Waals surface area contributed by atoms with Gasteiger partial charge in [-0.3, -0.25) is 0 Å². The maximum Gasteiger partial charge on any atom is 0.209 e. The molecule has 0 amide bonds. The Balaban J connectivity index is 2.83. The summed E-state index contributed by atoms with van der Waals surface area (Å²) in [5.74, 6) is 0.711. The second-order valence-corrected chi connectivity index (χ2v) is 6.81. The molecule has 1 rings (SSSR count).